The fourth-order valence-corrected chi connectivity index (χ4v) is 2.65. The third kappa shape index (κ3) is 6.18. The Balaban J connectivity index is 1.89. The smallest absolute Gasteiger partial charge is 0.277 e. The fraction of sp³-hybridized carbons (Fsp3) is 0.263. The molecule has 2 aromatic carbocycles. The molecule has 0 saturated carbocycles. The van der Waals surface area contributed by atoms with E-state index in [0.29, 0.717) is 11.3 Å². The number of non-ortho nitro benzene ring substituents is 1. The molecule has 142 valence electrons. The van der Waals surface area contributed by atoms with Crippen LogP contribution in [0, 0.1) is 10.1 Å². The molecule has 0 aliphatic heterocycles. The summed E-state index contributed by atoms with van der Waals surface area (Å²) in [6.45, 7) is 6.13. The van der Waals surface area contributed by atoms with Crippen molar-refractivity contribution in [2.24, 2.45) is 5.10 Å². The monoisotopic (exact) mass is 433 g/mol. The van der Waals surface area contributed by atoms with Gasteiger partial charge in [0.05, 0.1) is 15.6 Å². The normalized spacial score (nSPS) is 11.4. The zero-order chi connectivity index (χ0) is 20.0. The summed E-state index contributed by atoms with van der Waals surface area (Å²) >= 11 is 3.45. The highest BCUT2D eigenvalue weighted by Crippen LogP contribution is 2.31. The number of nitrogens with zero attached hydrogens (tertiary/aromatic N) is 2. The number of carbonyl (C=O) groups is 1. The van der Waals surface area contributed by atoms with Crippen LogP contribution in [0.2, 0.25) is 0 Å². The minimum atomic E-state index is -0.493. The molecule has 0 spiro atoms. The lowest BCUT2D eigenvalue weighted by Gasteiger charge is -2.20. The van der Waals surface area contributed by atoms with E-state index in [4.69, 9.17) is 4.74 Å². The second kappa shape index (κ2) is 8.77. The van der Waals surface area contributed by atoms with Crippen LogP contribution < -0.4 is 10.2 Å². The summed E-state index contributed by atoms with van der Waals surface area (Å²) in [5, 5.41) is 14.5. The summed E-state index contributed by atoms with van der Waals surface area (Å²) < 4.78 is 6.26. The second-order valence-electron chi connectivity index (χ2n) is 6.83. The number of hydrogen-bond donors (Lipinski definition) is 1. The summed E-state index contributed by atoms with van der Waals surface area (Å²) in [4.78, 5) is 22.1. The fourth-order valence-electron chi connectivity index (χ4n) is 2.16. The Morgan fingerprint density at radius 1 is 1.30 bits per heavy atom. The first-order chi connectivity index (χ1) is 12.7. The van der Waals surface area contributed by atoms with E-state index in [1.54, 1.807) is 12.1 Å². The van der Waals surface area contributed by atoms with Gasteiger partial charge in [-0.15, -0.1) is 0 Å². The maximum Gasteiger partial charge on any atom is 0.277 e. The van der Waals surface area contributed by atoms with Crippen molar-refractivity contribution >= 4 is 33.7 Å². The van der Waals surface area contributed by atoms with Gasteiger partial charge in [-0.05, 0) is 39.0 Å². The molecule has 0 fully saturated rings. The lowest BCUT2D eigenvalue weighted by Crippen LogP contribution is -2.24. The first-order valence-corrected chi connectivity index (χ1v) is 8.95. The van der Waals surface area contributed by atoms with Gasteiger partial charge in [-0.3, -0.25) is 14.9 Å². The topological polar surface area (TPSA) is 93.8 Å². The molecular weight excluding hydrogens is 414 g/mol. The zero-order valence-corrected chi connectivity index (χ0v) is 16.8. The van der Waals surface area contributed by atoms with E-state index in [-0.39, 0.29) is 17.7 Å². The van der Waals surface area contributed by atoms with Crippen molar-refractivity contribution in [1.29, 1.82) is 0 Å². The number of nitro benzene ring substituents is 1. The van der Waals surface area contributed by atoms with Crippen LogP contribution >= 0.6 is 15.9 Å². The number of amides is 1. The molecular formula is C19H20BrN3O4. The number of hydrazone groups is 1. The first-order valence-electron chi connectivity index (χ1n) is 8.16. The van der Waals surface area contributed by atoms with Gasteiger partial charge in [-0.1, -0.05) is 39.0 Å². The molecule has 0 saturated heterocycles. The summed E-state index contributed by atoms with van der Waals surface area (Å²) in [5.74, 6) is 0.115. The lowest BCUT2D eigenvalue weighted by molar-refractivity contribution is -0.384. The average molecular weight is 434 g/mol. The lowest BCUT2D eigenvalue weighted by atomic mass is 9.87. The highest BCUT2D eigenvalue weighted by Gasteiger charge is 2.15. The van der Waals surface area contributed by atoms with Crippen molar-refractivity contribution in [2.75, 3.05) is 6.61 Å². The van der Waals surface area contributed by atoms with Crippen LogP contribution in [0.4, 0.5) is 5.69 Å². The Hall–Kier alpha value is -2.74. The number of carbonyl (C=O) groups excluding carboxylic acids is 1. The van der Waals surface area contributed by atoms with Gasteiger partial charge < -0.3 is 4.74 Å². The van der Waals surface area contributed by atoms with Crippen LogP contribution in [0.15, 0.2) is 52.0 Å². The standard InChI is InChI=1S/C19H20BrN3O4/c1-19(2,3)14-7-8-17(16(20)10-14)27-12-18(24)22-21-11-13-5-4-6-15(9-13)23(25)26/h4-11H,12H2,1-3H3,(H,22,24). The van der Waals surface area contributed by atoms with E-state index >= 15 is 0 Å². The predicted molar refractivity (Wildman–Crippen MR) is 107 cm³/mol. The van der Waals surface area contributed by atoms with Crippen LogP contribution in [-0.4, -0.2) is 23.7 Å². The number of ether oxygens (including phenoxy) is 1. The van der Waals surface area contributed by atoms with E-state index in [1.165, 1.54) is 18.3 Å². The number of benzene rings is 2. The predicted octanol–water partition coefficient (Wildman–Crippen LogP) is 4.18. The molecule has 0 heterocycles. The largest absolute Gasteiger partial charge is 0.483 e. The van der Waals surface area contributed by atoms with E-state index in [1.807, 2.05) is 18.2 Å². The third-order valence-electron chi connectivity index (χ3n) is 3.64. The molecule has 0 aliphatic carbocycles. The highest BCUT2D eigenvalue weighted by atomic mass is 79.9. The van der Waals surface area contributed by atoms with Crippen molar-refractivity contribution < 1.29 is 14.5 Å². The van der Waals surface area contributed by atoms with Crippen molar-refractivity contribution in [2.45, 2.75) is 26.2 Å². The summed E-state index contributed by atoms with van der Waals surface area (Å²) in [6.07, 6.45) is 1.33. The van der Waals surface area contributed by atoms with Gasteiger partial charge in [0.1, 0.15) is 5.75 Å². The molecule has 1 amide bonds. The Kier molecular flexibility index (Phi) is 6.68. The third-order valence-corrected chi connectivity index (χ3v) is 4.26. The Morgan fingerprint density at radius 2 is 2.04 bits per heavy atom. The Morgan fingerprint density at radius 3 is 2.67 bits per heavy atom. The van der Waals surface area contributed by atoms with Gasteiger partial charge in [0.2, 0.25) is 0 Å². The van der Waals surface area contributed by atoms with Crippen LogP contribution in [0.25, 0.3) is 0 Å². The van der Waals surface area contributed by atoms with E-state index < -0.39 is 10.8 Å². The molecule has 0 bridgehead atoms. The summed E-state index contributed by atoms with van der Waals surface area (Å²) in [5.41, 5.74) is 3.95. The molecule has 0 aliphatic rings. The second-order valence-corrected chi connectivity index (χ2v) is 7.68. The summed E-state index contributed by atoms with van der Waals surface area (Å²) in [7, 11) is 0. The molecule has 0 aromatic heterocycles. The van der Waals surface area contributed by atoms with E-state index in [9.17, 15) is 14.9 Å². The molecule has 0 atom stereocenters. The van der Waals surface area contributed by atoms with Gasteiger partial charge in [0.25, 0.3) is 11.6 Å². The number of hydrogen-bond acceptors (Lipinski definition) is 5. The highest BCUT2D eigenvalue weighted by molar-refractivity contribution is 9.10. The van der Waals surface area contributed by atoms with Crippen LogP contribution in [0.3, 0.4) is 0 Å². The van der Waals surface area contributed by atoms with Gasteiger partial charge in [-0.25, -0.2) is 5.43 Å². The minimum absolute atomic E-state index is 0.0135. The Bertz CT molecular complexity index is 875. The minimum Gasteiger partial charge on any atom is -0.483 e. The average Bonchev–Trinajstić information content (AvgIpc) is 2.60. The number of rotatable bonds is 6. The maximum absolute atomic E-state index is 11.8. The van der Waals surface area contributed by atoms with Crippen LogP contribution in [0.1, 0.15) is 31.9 Å². The molecule has 7 nitrogen and oxygen atoms in total. The number of halogens is 1. The molecule has 0 unspecified atom stereocenters. The number of nitro groups is 1. The Labute approximate surface area is 165 Å². The van der Waals surface area contributed by atoms with E-state index in [2.05, 4.69) is 47.2 Å². The van der Waals surface area contributed by atoms with Crippen molar-refractivity contribution in [3.05, 3.63) is 68.2 Å². The molecule has 1 N–H and O–H groups in total. The quantitative estimate of drug-likeness (QED) is 0.419. The molecule has 2 aromatic rings. The van der Waals surface area contributed by atoms with Crippen molar-refractivity contribution in [1.82, 2.24) is 5.43 Å². The molecule has 27 heavy (non-hydrogen) atoms. The molecule has 8 heteroatoms. The zero-order valence-electron chi connectivity index (χ0n) is 15.2. The van der Waals surface area contributed by atoms with Gasteiger partial charge in [0.15, 0.2) is 6.61 Å². The number of nitrogens with one attached hydrogen (secondary N) is 1. The summed E-state index contributed by atoms with van der Waals surface area (Å²) in [6, 6.07) is 11.7. The van der Waals surface area contributed by atoms with Gasteiger partial charge >= 0.3 is 0 Å². The molecule has 2 rings (SSSR count). The van der Waals surface area contributed by atoms with E-state index in [0.717, 1.165) is 10.0 Å². The SMILES string of the molecule is CC(C)(C)c1ccc(OCC(=O)NN=Cc2cccc([N+](=O)[O-])c2)c(Br)c1. The van der Waals surface area contributed by atoms with Crippen LogP contribution in [-0.2, 0) is 10.2 Å². The van der Waals surface area contributed by atoms with Crippen molar-refractivity contribution in [3.8, 4) is 5.75 Å². The van der Waals surface area contributed by atoms with Crippen molar-refractivity contribution in [3.63, 3.8) is 0 Å². The maximum atomic E-state index is 11.8. The molecule has 0 radical (unpaired) electrons. The van der Waals surface area contributed by atoms with Crippen LogP contribution in [0.5, 0.6) is 5.75 Å². The van der Waals surface area contributed by atoms with Gasteiger partial charge in [-0.2, -0.15) is 5.10 Å². The van der Waals surface area contributed by atoms with Gasteiger partial charge in [0, 0.05) is 17.7 Å². The first kappa shape index (κ1) is 20.6.